The van der Waals surface area contributed by atoms with Gasteiger partial charge in [-0.1, -0.05) is 11.6 Å². The average Bonchev–Trinajstić information content (AvgIpc) is 2.60. The molecule has 1 aliphatic heterocycles. The first-order valence-electron chi connectivity index (χ1n) is 5.61. The topological polar surface area (TPSA) is 67.3 Å². The maximum atomic E-state index is 12.6. The Hall–Kier alpha value is -1.21. The fourth-order valence-electron chi connectivity index (χ4n) is 2.18. The Balaban J connectivity index is 2.23. The van der Waals surface area contributed by atoms with Crippen LogP contribution in [0.2, 0.25) is 5.02 Å². The zero-order chi connectivity index (χ0) is 14.2. The van der Waals surface area contributed by atoms with Crippen LogP contribution in [-0.2, 0) is 15.0 Å². The van der Waals surface area contributed by atoms with E-state index < -0.39 is 21.9 Å². The van der Waals surface area contributed by atoms with Gasteiger partial charge in [-0.15, -0.1) is 3.89 Å². The number of anilines is 1. The number of rotatable bonds is 3. The monoisotopic (exact) mass is 306 g/mol. The van der Waals surface area contributed by atoms with E-state index in [0.29, 0.717) is 16.4 Å². The highest BCUT2D eigenvalue weighted by atomic mass is 35.5. The molecule has 1 unspecified atom stereocenters. The van der Waals surface area contributed by atoms with Crippen molar-refractivity contribution in [3.8, 4) is 0 Å². The fourth-order valence-corrected chi connectivity index (χ4v) is 3.12. The summed E-state index contributed by atoms with van der Waals surface area (Å²) >= 11 is 5.83. The summed E-state index contributed by atoms with van der Waals surface area (Å²) in [5, 5.41) is 0.384. The molecule has 8 heteroatoms. The van der Waals surface area contributed by atoms with Crippen LogP contribution in [0.15, 0.2) is 12.3 Å². The van der Waals surface area contributed by atoms with Crippen LogP contribution in [0, 0.1) is 12.8 Å². The van der Waals surface area contributed by atoms with Crippen molar-refractivity contribution in [1.29, 1.82) is 0 Å². The molecular weight excluding hydrogens is 295 g/mol. The van der Waals surface area contributed by atoms with Crippen molar-refractivity contribution in [2.75, 3.05) is 17.2 Å². The first kappa shape index (κ1) is 14.2. The molecule has 0 spiro atoms. The number of aromatic nitrogens is 1. The van der Waals surface area contributed by atoms with Gasteiger partial charge in [0.2, 0.25) is 5.91 Å². The lowest BCUT2D eigenvalue weighted by molar-refractivity contribution is -0.117. The van der Waals surface area contributed by atoms with Gasteiger partial charge in [-0.05, 0) is 13.0 Å². The molecule has 1 amide bonds. The minimum Gasteiger partial charge on any atom is -0.310 e. The number of carbonyl (C=O) groups excluding carboxylic acids is 1. The van der Waals surface area contributed by atoms with Crippen molar-refractivity contribution in [3.63, 3.8) is 0 Å². The van der Waals surface area contributed by atoms with E-state index in [0.717, 1.165) is 0 Å². The molecule has 1 atom stereocenters. The maximum Gasteiger partial charge on any atom is 0.302 e. The van der Waals surface area contributed by atoms with Gasteiger partial charge in [0.15, 0.2) is 0 Å². The van der Waals surface area contributed by atoms with Crippen LogP contribution >= 0.6 is 11.6 Å². The third-order valence-corrected chi connectivity index (χ3v) is 4.03. The van der Waals surface area contributed by atoms with Gasteiger partial charge in [0, 0.05) is 25.1 Å². The minimum atomic E-state index is -4.58. The third-order valence-electron chi connectivity index (χ3n) is 2.96. The summed E-state index contributed by atoms with van der Waals surface area (Å²) < 4.78 is 33.9. The van der Waals surface area contributed by atoms with Crippen LogP contribution in [0.3, 0.4) is 0 Å². The van der Waals surface area contributed by atoms with Crippen molar-refractivity contribution in [2.24, 2.45) is 5.92 Å². The van der Waals surface area contributed by atoms with Gasteiger partial charge in [0.1, 0.15) is 0 Å². The quantitative estimate of drug-likeness (QED) is 0.797. The molecule has 0 radical (unpaired) electrons. The van der Waals surface area contributed by atoms with E-state index in [4.69, 9.17) is 11.6 Å². The summed E-state index contributed by atoms with van der Waals surface area (Å²) in [6.45, 7) is 1.88. The SMILES string of the molecule is Cc1ncc(Cl)cc1N1CC(CS(=O)(=O)F)CC1=O. The van der Waals surface area contributed by atoms with Gasteiger partial charge < -0.3 is 4.90 Å². The molecular formula is C11H12ClFN2O3S. The van der Waals surface area contributed by atoms with E-state index >= 15 is 0 Å². The summed E-state index contributed by atoms with van der Waals surface area (Å²) in [4.78, 5) is 17.3. The number of hydrogen-bond acceptors (Lipinski definition) is 4. The van der Waals surface area contributed by atoms with Crippen LogP contribution in [-0.4, -0.2) is 31.6 Å². The summed E-state index contributed by atoms with van der Waals surface area (Å²) in [6, 6.07) is 1.59. The molecule has 1 aromatic rings. The van der Waals surface area contributed by atoms with Crippen molar-refractivity contribution < 1.29 is 17.1 Å². The second-order valence-electron chi connectivity index (χ2n) is 4.54. The van der Waals surface area contributed by atoms with Gasteiger partial charge in [-0.2, -0.15) is 8.42 Å². The van der Waals surface area contributed by atoms with Crippen LogP contribution < -0.4 is 4.90 Å². The number of amides is 1. The van der Waals surface area contributed by atoms with Crippen molar-refractivity contribution in [2.45, 2.75) is 13.3 Å². The minimum absolute atomic E-state index is 0.00903. The number of carbonyl (C=O) groups is 1. The van der Waals surface area contributed by atoms with Crippen LogP contribution in [0.25, 0.3) is 0 Å². The standard InChI is InChI=1S/C11H12ClFN2O3S/c1-7-10(3-9(12)4-14-7)15-5-8(2-11(15)16)6-19(13,17)18/h3-4,8H,2,5-6H2,1H3. The fraction of sp³-hybridized carbons (Fsp3) is 0.455. The van der Waals surface area contributed by atoms with E-state index in [-0.39, 0.29) is 18.9 Å². The predicted octanol–water partition coefficient (Wildman–Crippen LogP) is 1.70. The van der Waals surface area contributed by atoms with Gasteiger partial charge in [-0.25, -0.2) is 0 Å². The highest BCUT2D eigenvalue weighted by Gasteiger charge is 2.34. The molecule has 2 heterocycles. The maximum absolute atomic E-state index is 12.6. The summed E-state index contributed by atoms with van der Waals surface area (Å²) in [6.07, 6.45) is 1.47. The first-order chi connectivity index (χ1) is 8.76. The normalized spacial score (nSPS) is 20.1. The van der Waals surface area contributed by atoms with E-state index in [2.05, 4.69) is 4.98 Å². The number of nitrogens with zero attached hydrogens (tertiary/aromatic N) is 2. The van der Waals surface area contributed by atoms with E-state index in [1.165, 1.54) is 11.1 Å². The van der Waals surface area contributed by atoms with Gasteiger partial charge >= 0.3 is 10.2 Å². The molecule has 104 valence electrons. The molecule has 1 saturated heterocycles. The Morgan fingerprint density at radius 3 is 2.89 bits per heavy atom. The molecule has 19 heavy (non-hydrogen) atoms. The Kier molecular flexibility index (Phi) is 3.78. The molecule has 0 aliphatic carbocycles. The average molecular weight is 307 g/mol. The summed E-state index contributed by atoms with van der Waals surface area (Å²) in [5.41, 5.74) is 1.15. The molecule has 1 aromatic heterocycles. The van der Waals surface area contributed by atoms with Crippen molar-refractivity contribution in [1.82, 2.24) is 4.98 Å². The largest absolute Gasteiger partial charge is 0.310 e. The first-order valence-corrected chi connectivity index (χ1v) is 7.54. The highest BCUT2D eigenvalue weighted by molar-refractivity contribution is 7.86. The Labute approximate surface area is 115 Å². The van der Waals surface area contributed by atoms with Gasteiger partial charge in [-0.3, -0.25) is 9.78 Å². The lowest BCUT2D eigenvalue weighted by Gasteiger charge is -2.18. The smallest absolute Gasteiger partial charge is 0.302 e. The number of pyridine rings is 1. The molecule has 2 rings (SSSR count). The molecule has 0 aromatic carbocycles. The molecule has 0 N–H and O–H groups in total. The van der Waals surface area contributed by atoms with Crippen LogP contribution in [0.4, 0.5) is 9.57 Å². The number of halogens is 2. The van der Waals surface area contributed by atoms with Crippen LogP contribution in [0.1, 0.15) is 12.1 Å². The third kappa shape index (κ3) is 3.42. The Morgan fingerprint density at radius 2 is 2.26 bits per heavy atom. The number of hydrogen-bond donors (Lipinski definition) is 0. The highest BCUT2D eigenvalue weighted by Crippen LogP contribution is 2.29. The molecule has 0 bridgehead atoms. The lowest BCUT2D eigenvalue weighted by Crippen LogP contribution is -2.26. The zero-order valence-corrected chi connectivity index (χ0v) is 11.7. The van der Waals surface area contributed by atoms with Crippen molar-refractivity contribution >= 4 is 33.4 Å². The predicted molar refractivity (Wildman–Crippen MR) is 69.3 cm³/mol. The summed E-state index contributed by atoms with van der Waals surface area (Å²) in [7, 11) is -4.58. The van der Waals surface area contributed by atoms with E-state index in [1.54, 1.807) is 13.0 Å². The van der Waals surface area contributed by atoms with Crippen molar-refractivity contribution in [3.05, 3.63) is 23.0 Å². The zero-order valence-electron chi connectivity index (χ0n) is 10.1. The molecule has 1 aliphatic rings. The Bertz CT molecular complexity index is 620. The summed E-state index contributed by atoms with van der Waals surface area (Å²) in [5.74, 6) is -1.43. The molecule has 5 nitrogen and oxygen atoms in total. The second kappa shape index (κ2) is 5.05. The number of aryl methyl sites for hydroxylation is 1. The molecule has 1 fully saturated rings. The van der Waals surface area contributed by atoms with Gasteiger partial charge in [0.05, 0.1) is 22.2 Å². The second-order valence-corrected chi connectivity index (χ2v) is 6.39. The van der Waals surface area contributed by atoms with Crippen LogP contribution in [0.5, 0.6) is 0 Å². The van der Waals surface area contributed by atoms with E-state index in [1.807, 2.05) is 0 Å². The lowest BCUT2D eigenvalue weighted by atomic mass is 10.1. The Morgan fingerprint density at radius 1 is 1.58 bits per heavy atom. The van der Waals surface area contributed by atoms with Gasteiger partial charge in [0.25, 0.3) is 0 Å². The molecule has 0 saturated carbocycles. The van der Waals surface area contributed by atoms with E-state index in [9.17, 15) is 17.1 Å².